The van der Waals surface area contributed by atoms with Gasteiger partial charge in [0.2, 0.25) is 10.0 Å². The highest BCUT2D eigenvalue weighted by molar-refractivity contribution is 7.89. The number of hydrogen-bond acceptors (Lipinski definition) is 4. The first-order valence-corrected chi connectivity index (χ1v) is 8.07. The molecule has 0 unspecified atom stereocenters. The maximum absolute atomic E-state index is 12.2. The molecule has 22 heavy (non-hydrogen) atoms. The summed E-state index contributed by atoms with van der Waals surface area (Å²) in [5.74, 6) is 0.172. The summed E-state index contributed by atoms with van der Waals surface area (Å²) in [6, 6.07) is 12.7. The minimum absolute atomic E-state index is 0.0791. The van der Waals surface area contributed by atoms with Crippen LogP contribution in [0.2, 0.25) is 0 Å². The van der Waals surface area contributed by atoms with Gasteiger partial charge in [0.25, 0.3) is 0 Å². The third kappa shape index (κ3) is 2.54. The molecule has 0 saturated heterocycles. The van der Waals surface area contributed by atoms with Crippen molar-refractivity contribution in [2.75, 3.05) is 0 Å². The largest absolute Gasteiger partial charge is 0.456 e. The first-order valence-electron chi connectivity index (χ1n) is 6.53. The van der Waals surface area contributed by atoms with Gasteiger partial charge in [-0.2, -0.15) is 0 Å². The zero-order valence-corrected chi connectivity index (χ0v) is 12.6. The number of fused-ring (bicyclic) bond motifs is 1. The van der Waals surface area contributed by atoms with Gasteiger partial charge in [-0.3, -0.25) is 4.79 Å². The SMILES string of the molecule is Cc1ccc2oc(-c3ccccc3S(N)(=O)=O)cc(=O)c2c1. The van der Waals surface area contributed by atoms with Crippen LogP contribution in [-0.2, 0) is 10.0 Å². The normalized spacial score (nSPS) is 11.7. The first-order chi connectivity index (χ1) is 10.4. The number of nitrogens with two attached hydrogens (primary N) is 1. The maximum atomic E-state index is 12.2. The van der Waals surface area contributed by atoms with E-state index in [-0.39, 0.29) is 21.6 Å². The second kappa shape index (κ2) is 5.08. The Morgan fingerprint density at radius 1 is 1.05 bits per heavy atom. The molecule has 0 atom stereocenters. The van der Waals surface area contributed by atoms with Crippen molar-refractivity contribution in [1.82, 2.24) is 0 Å². The van der Waals surface area contributed by atoms with E-state index in [1.807, 2.05) is 13.0 Å². The molecule has 2 N–H and O–H groups in total. The summed E-state index contributed by atoms with van der Waals surface area (Å²) >= 11 is 0. The topological polar surface area (TPSA) is 90.4 Å². The number of sulfonamides is 1. The number of hydrogen-bond donors (Lipinski definition) is 1. The minimum atomic E-state index is -3.92. The van der Waals surface area contributed by atoms with E-state index in [0.717, 1.165) is 5.56 Å². The molecular formula is C16H13NO4S. The van der Waals surface area contributed by atoms with Gasteiger partial charge < -0.3 is 4.42 Å². The molecule has 5 nitrogen and oxygen atoms in total. The highest BCUT2D eigenvalue weighted by Gasteiger charge is 2.17. The Morgan fingerprint density at radius 3 is 2.50 bits per heavy atom. The predicted molar refractivity (Wildman–Crippen MR) is 84.0 cm³/mol. The van der Waals surface area contributed by atoms with Crippen LogP contribution in [-0.4, -0.2) is 8.42 Å². The Labute approximate surface area is 127 Å². The van der Waals surface area contributed by atoms with E-state index in [1.165, 1.54) is 12.1 Å². The zero-order chi connectivity index (χ0) is 15.9. The fourth-order valence-electron chi connectivity index (χ4n) is 2.32. The van der Waals surface area contributed by atoms with Gasteiger partial charge in [-0.25, -0.2) is 13.6 Å². The van der Waals surface area contributed by atoms with Crippen LogP contribution in [0.25, 0.3) is 22.3 Å². The van der Waals surface area contributed by atoms with Crippen LogP contribution >= 0.6 is 0 Å². The van der Waals surface area contributed by atoms with Gasteiger partial charge in [0.15, 0.2) is 5.43 Å². The molecule has 0 saturated carbocycles. The molecule has 0 bridgehead atoms. The first kappa shape index (κ1) is 14.5. The van der Waals surface area contributed by atoms with Crippen molar-refractivity contribution < 1.29 is 12.8 Å². The summed E-state index contributed by atoms with van der Waals surface area (Å²) < 4.78 is 29.1. The second-order valence-electron chi connectivity index (χ2n) is 5.02. The van der Waals surface area contributed by atoms with Crippen LogP contribution in [0, 0.1) is 6.92 Å². The monoisotopic (exact) mass is 315 g/mol. The molecule has 0 radical (unpaired) electrons. The van der Waals surface area contributed by atoms with Crippen molar-refractivity contribution in [1.29, 1.82) is 0 Å². The van der Waals surface area contributed by atoms with E-state index >= 15 is 0 Å². The van der Waals surface area contributed by atoms with Crippen LogP contribution < -0.4 is 10.6 Å². The van der Waals surface area contributed by atoms with Crippen LogP contribution in [0.5, 0.6) is 0 Å². The van der Waals surface area contributed by atoms with Gasteiger partial charge in [-0.15, -0.1) is 0 Å². The van der Waals surface area contributed by atoms with Gasteiger partial charge in [0, 0.05) is 11.6 Å². The highest BCUT2D eigenvalue weighted by Crippen LogP contribution is 2.27. The minimum Gasteiger partial charge on any atom is -0.456 e. The molecule has 6 heteroatoms. The molecule has 112 valence electrons. The lowest BCUT2D eigenvalue weighted by atomic mass is 10.1. The molecular weight excluding hydrogens is 302 g/mol. The van der Waals surface area contributed by atoms with Gasteiger partial charge in [0.05, 0.1) is 10.3 Å². The summed E-state index contributed by atoms with van der Waals surface area (Å²) in [6.45, 7) is 1.88. The summed E-state index contributed by atoms with van der Waals surface area (Å²) in [5.41, 5.74) is 1.38. The van der Waals surface area contributed by atoms with Gasteiger partial charge >= 0.3 is 0 Å². The maximum Gasteiger partial charge on any atom is 0.238 e. The predicted octanol–water partition coefficient (Wildman–Crippen LogP) is 2.42. The van der Waals surface area contributed by atoms with E-state index in [4.69, 9.17) is 9.56 Å². The lowest BCUT2D eigenvalue weighted by molar-refractivity contribution is 0.594. The Balaban J connectivity index is 2.33. The third-order valence-corrected chi connectivity index (χ3v) is 4.31. The summed E-state index contributed by atoms with van der Waals surface area (Å²) in [7, 11) is -3.92. The van der Waals surface area contributed by atoms with Crippen LogP contribution in [0.4, 0.5) is 0 Å². The third-order valence-electron chi connectivity index (χ3n) is 3.34. The average molecular weight is 315 g/mol. The molecule has 0 spiro atoms. The standard InChI is InChI=1S/C16H13NO4S/c1-10-6-7-14-12(8-10)13(18)9-15(21-14)11-4-2-3-5-16(11)22(17,19)20/h2-9H,1H3,(H2,17,19,20). The quantitative estimate of drug-likeness (QED) is 0.786. The average Bonchev–Trinajstić information content (AvgIpc) is 2.47. The Bertz CT molecular complexity index is 1040. The van der Waals surface area contributed by atoms with E-state index in [2.05, 4.69) is 0 Å². The van der Waals surface area contributed by atoms with E-state index in [0.29, 0.717) is 11.0 Å². The summed E-state index contributed by atoms with van der Waals surface area (Å²) in [4.78, 5) is 12.2. The number of primary sulfonamides is 1. The molecule has 3 rings (SSSR count). The van der Waals surface area contributed by atoms with E-state index in [1.54, 1.807) is 30.3 Å². The van der Waals surface area contributed by atoms with Crippen molar-refractivity contribution in [3.8, 4) is 11.3 Å². The van der Waals surface area contributed by atoms with E-state index in [9.17, 15) is 13.2 Å². The van der Waals surface area contributed by atoms with E-state index < -0.39 is 10.0 Å². The number of aryl methyl sites for hydroxylation is 1. The molecule has 2 aromatic carbocycles. The van der Waals surface area contributed by atoms with Crippen molar-refractivity contribution >= 4 is 21.0 Å². The van der Waals surface area contributed by atoms with Crippen LogP contribution in [0.3, 0.4) is 0 Å². The number of rotatable bonds is 2. The zero-order valence-electron chi connectivity index (χ0n) is 11.7. The Morgan fingerprint density at radius 2 is 1.77 bits per heavy atom. The van der Waals surface area contributed by atoms with Crippen LogP contribution in [0.15, 0.2) is 62.6 Å². The fraction of sp³-hybridized carbons (Fsp3) is 0.0625. The lowest BCUT2D eigenvalue weighted by Gasteiger charge is -2.08. The summed E-state index contributed by atoms with van der Waals surface area (Å²) in [5, 5.41) is 5.67. The molecule has 3 aromatic rings. The second-order valence-corrected chi connectivity index (χ2v) is 6.55. The summed E-state index contributed by atoms with van der Waals surface area (Å²) in [6.07, 6.45) is 0. The van der Waals surface area contributed by atoms with Crippen molar-refractivity contribution in [2.24, 2.45) is 5.14 Å². The molecule has 1 heterocycles. The van der Waals surface area contributed by atoms with Crippen molar-refractivity contribution in [2.45, 2.75) is 11.8 Å². The Hall–Kier alpha value is -2.44. The molecule has 0 aliphatic heterocycles. The Kier molecular flexibility index (Phi) is 3.35. The number of benzene rings is 2. The fourth-order valence-corrected chi connectivity index (χ4v) is 3.06. The van der Waals surface area contributed by atoms with Crippen molar-refractivity contribution in [3.63, 3.8) is 0 Å². The van der Waals surface area contributed by atoms with Gasteiger partial charge in [-0.1, -0.05) is 23.8 Å². The molecule has 0 amide bonds. The smallest absolute Gasteiger partial charge is 0.238 e. The van der Waals surface area contributed by atoms with Gasteiger partial charge in [0.1, 0.15) is 11.3 Å². The molecule has 0 fully saturated rings. The van der Waals surface area contributed by atoms with Gasteiger partial charge in [-0.05, 0) is 31.2 Å². The van der Waals surface area contributed by atoms with Crippen molar-refractivity contribution in [3.05, 3.63) is 64.3 Å². The highest BCUT2D eigenvalue weighted by atomic mass is 32.2. The van der Waals surface area contributed by atoms with Crippen LogP contribution in [0.1, 0.15) is 5.56 Å². The molecule has 0 aliphatic carbocycles. The molecule has 0 aliphatic rings. The molecule has 1 aromatic heterocycles. The lowest BCUT2D eigenvalue weighted by Crippen LogP contribution is -2.13.